The molecule has 1 N–H and O–H groups in total. The third-order valence-corrected chi connectivity index (χ3v) is 1.52. The monoisotopic (exact) mass is 200 g/mol. The molecule has 0 aliphatic rings. The first-order valence-electron chi connectivity index (χ1n) is 2.67. The lowest BCUT2D eigenvalue weighted by atomic mass is 10.4. The lowest BCUT2D eigenvalue weighted by Crippen LogP contribution is -1.72. The van der Waals surface area contributed by atoms with Crippen molar-refractivity contribution in [3.63, 3.8) is 0 Å². The van der Waals surface area contributed by atoms with E-state index in [1.54, 1.807) is 6.07 Å². The molecule has 0 saturated carbocycles. The molecule has 1 aromatic heterocycles. The van der Waals surface area contributed by atoms with Crippen LogP contribution in [0.3, 0.4) is 0 Å². The first kappa shape index (κ1) is 7.39. The summed E-state index contributed by atoms with van der Waals surface area (Å²) in [5, 5.41) is 8.33. The molecule has 1 heterocycles. The topological polar surface area (TPSA) is 33.4 Å². The lowest BCUT2D eigenvalue weighted by Gasteiger charge is -1.79. The fraction of sp³-hybridized carbons (Fsp3) is 0.143. The summed E-state index contributed by atoms with van der Waals surface area (Å²) >= 11 is 3.22. The first-order valence-corrected chi connectivity index (χ1v) is 3.46. The molecule has 0 spiro atoms. The molecule has 0 amide bonds. The third-order valence-electron chi connectivity index (χ3n) is 0.898. The Bertz CT molecular complexity index is 267. The summed E-state index contributed by atoms with van der Waals surface area (Å²) in [5.41, 5.74) is 0. The van der Waals surface area contributed by atoms with E-state index in [-0.39, 0.29) is 6.61 Å². The van der Waals surface area contributed by atoms with E-state index in [0.717, 1.165) is 4.47 Å². The zero-order valence-electron chi connectivity index (χ0n) is 5.10. The molecule has 10 heavy (non-hydrogen) atoms. The summed E-state index contributed by atoms with van der Waals surface area (Å²) in [6.07, 6.45) is 1.53. The van der Waals surface area contributed by atoms with Crippen molar-refractivity contribution in [1.82, 2.24) is 0 Å². The Labute approximate surface area is 67.0 Å². The van der Waals surface area contributed by atoms with Gasteiger partial charge in [-0.25, -0.2) is 0 Å². The van der Waals surface area contributed by atoms with Crippen LogP contribution in [0.2, 0.25) is 0 Å². The van der Waals surface area contributed by atoms with Gasteiger partial charge in [0.25, 0.3) is 0 Å². The van der Waals surface area contributed by atoms with E-state index in [9.17, 15) is 0 Å². The molecule has 52 valence electrons. The molecule has 2 nitrogen and oxygen atoms in total. The summed E-state index contributed by atoms with van der Waals surface area (Å²) in [5.74, 6) is 5.65. The van der Waals surface area contributed by atoms with Crippen molar-refractivity contribution < 1.29 is 9.52 Å². The molecule has 0 atom stereocenters. The van der Waals surface area contributed by atoms with Crippen LogP contribution in [0.4, 0.5) is 0 Å². The maximum atomic E-state index is 8.33. The van der Waals surface area contributed by atoms with Crippen LogP contribution in [-0.2, 0) is 0 Å². The summed E-state index contributed by atoms with van der Waals surface area (Å²) in [6.45, 7) is -0.146. The molecular formula is C7H5BrO2. The lowest BCUT2D eigenvalue weighted by molar-refractivity contribution is 0.350. The van der Waals surface area contributed by atoms with Crippen LogP contribution in [0.15, 0.2) is 21.2 Å². The Hall–Kier alpha value is -0.720. The molecule has 0 bridgehead atoms. The van der Waals surface area contributed by atoms with E-state index >= 15 is 0 Å². The van der Waals surface area contributed by atoms with Gasteiger partial charge in [-0.1, -0.05) is 5.92 Å². The van der Waals surface area contributed by atoms with Crippen molar-refractivity contribution in [2.24, 2.45) is 0 Å². The van der Waals surface area contributed by atoms with Crippen LogP contribution in [0.5, 0.6) is 0 Å². The molecule has 3 heteroatoms. The van der Waals surface area contributed by atoms with Gasteiger partial charge in [-0.05, 0) is 27.9 Å². The van der Waals surface area contributed by atoms with Gasteiger partial charge in [0, 0.05) is 0 Å². The van der Waals surface area contributed by atoms with Crippen molar-refractivity contribution in [3.05, 3.63) is 22.6 Å². The van der Waals surface area contributed by atoms with Crippen LogP contribution < -0.4 is 0 Å². The molecule has 0 aliphatic carbocycles. The Morgan fingerprint density at radius 1 is 1.70 bits per heavy atom. The van der Waals surface area contributed by atoms with Gasteiger partial charge in [-0.2, -0.15) is 0 Å². The summed E-state index contributed by atoms with van der Waals surface area (Å²) in [7, 11) is 0. The fourth-order valence-electron chi connectivity index (χ4n) is 0.503. The highest BCUT2D eigenvalue weighted by molar-refractivity contribution is 9.10. The molecular weight excluding hydrogens is 196 g/mol. The third kappa shape index (κ3) is 1.63. The molecule has 0 saturated heterocycles. The van der Waals surface area contributed by atoms with Gasteiger partial charge in [0.15, 0.2) is 5.76 Å². The smallest absolute Gasteiger partial charge is 0.190 e. The standard InChI is InChI=1S/C7H5BrO2/c8-6-3-5-10-7(6)2-1-4-9/h3,5,9H,4H2. The molecule has 1 aromatic rings. The van der Waals surface area contributed by atoms with Crippen LogP contribution >= 0.6 is 15.9 Å². The molecule has 0 unspecified atom stereocenters. The Balaban J connectivity index is 2.84. The van der Waals surface area contributed by atoms with Crippen LogP contribution in [0.25, 0.3) is 0 Å². The van der Waals surface area contributed by atoms with Gasteiger partial charge >= 0.3 is 0 Å². The second-order valence-corrected chi connectivity index (χ2v) is 2.41. The molecule has 1 rings (SSSR count). The van der Waals surface area contributed by atoms with E-state index in [1.165, 1.54) is 6.26 Å². The summed E-state index contributed by atoms with van der Waals surface area (Å²) < 4.78 is 5.75. The van der Waals surface area contributed by atoms with Crippen LogP contribution in [0.1, 0.15) is 5.76 Å². The van der Waals surface area contributed by atoms with Crippen LogP contribution in [0, 0.1) is 11.8 Å². The number of rotatable bonds is 0. The quantitative estimate of drug-likeness (QED) is 0.643. The van der Waals surface area contributed by atoms with Crippen LogP contribution in [-0.4, -0.2) is 11.7 Å². The zero-order valence-corrected chi connectivity index (χ0v) is 6.68. The van der Waals surface area contributed by atoms with Gasteiger partial charge in [0.2, 0.25) is 0 Å². The Kier molecular flexibility index (Phi) is 2.55. The van der Waals surface area contributed by atoms with E-state index in [1.807, 2.05) is 0 Å². The number of furan rings is 1. The van der Waals surface area contributed by atoms with E-state index < -0.39 is 0 Å². The average Bonchev–Trinajstić information content (AvgIpc) is 2.31. The van der Waals surface area contributed by atoms with Crippen molar-refractivity contribution in [2.75, 3.05) is 6.61 Å². The SMILES string of the molecule is OCC#Cc1occc1Br. The minimum absolute atomic E-state index is 0.146. The van der Waals surface area contributed by atoms with Crippen molar-refractivity contribution in [3.8, 4) is 11.8 Å². The second kappa shape index (κ2) is 3.45. The number of hydrogen-bond donors (Lipinski definition) is 1. The van der Waals surface area contributed by atoms with Gasteiger partial charge in [-0.15, -0.1) is 0 Å². The largest absolute Gasteiger partial charge is 0.455 e. The summed E-state index contributed by atoms with van der Waals surface area (Å²) in [4.78, 5) is 0. The number of aliphatic hydroxyl groups is 1. The molecule has 0 radical (unpaired) electrons. The van der Waals surface area contributed by atoms with Gasteiger partial charge in [0.05, 0.1) is 10.7 Å². The zero-order chi connectivity index (χ0) is 7.40. The highest BCUT2D eigenvalue weighted by Gasteiger charge is 1.96. The highest BCUT2D eigenvalue weighted by atomic mass is 79.9. The number of halogens is 1. The van der Waals surface area contributed by atoms with Crippen molar-refractivity contribution in [1.29, 1.82) is 0 Å². The normalized spacial score (nSPS) is 8.60. The van der Waals surface area contributed by atoms with E-state index in [2.05, 4.69) is 27.8 Å². The van der Waals surface area contributed by atoms with E-state index in [4.69, 9.17) is 9.52 Å². The van der Waals surface area contributed by atoms with Gasteiger partial charge in [-0.3, -0.25) is 0 Å². The van der Waals surface area contributed by atoms with Gasteiger partial charge in [0.1, 0.15) is 6.61 Å². The summed E-state index contributed by atoms with van der Waals surface area (Å²) in [6, 6.07) is 1.75. The fourth-order valence-corrected chi connectivity index (χ4v) is 0.803. The predicted molar refractivity (Wildman–Crippen MR) is 40.4 cm³/mol. The maximum absolute atomic E-state index is 8.33. The van der Waals surface area contributed by atoms with E-state index in [0.29, 0.717) is 5.76 Å². The first-order chi connectivity index (χ1) is 4.84. The van der Waals surface area contributed by atoms with Crippen molar-refractivity contribution >= 4 is 15.9 Å². The minimum Gasteiger partial charge on any atom is -0.455 e. The second-order valence-electron chi connectivity index (χ2n) is 1.56. The van der Waals surface area contributed by atoms with Crippen molar-refractivity contribution in [2.45, 2.75) is 0 Å². The molecule has 0 aliphatic heterocycles. The predicted octanol–water partition coefficient (Wildman–Crippen LogP) is 1.39. The molecule has 0 aromatic carbocycles. The average molecular weight is 201 g/mol. The maximum Gasteiger partial charge on any atom is 0.190 e. The minimum atomic E-state index is -0.146. The van der Waals surface area contributed by atoms with Gasteiger partial charge < -0.3 is 9.52 Å². The number of hydrogen-bond acceptors (Lipinski definition) is 2. The highest BCUT2D eigenvalue weighted by Crippen LogP contribution is 2.15. The molecule has 0 fully saturated rings. The Morgan fingerprint density at radius 3 is 3.00 bits per heavy atom. The Morgan fingerprint density at radius 2 is 2.50 bits per heavy atom. The number of aliphatic hydroxyl groups excluding tert-OH is 1.